The van der Waals surface area contributed by atoms with Crippen LogP contribution in [0.25, 0.3) is 0 Å². The summed E-state index contributed by atoms with van der Waals surface area (Å²) in [4.78, 5) is 17.7. The largest absolute Gasteiger partial charge is 0.354 e. The van der Waals surface area contributed by atoms with Crippen LogP contribution in [0.3, 0.4) is 0 Å². The van der Waals surface area contributed by atoms with Gasteiger partial charge in [0.15, 0.2) is 5.82 Å². The molecule has 0 atom stereocenters. The number of aryl methyl sites for hydroxylation is 1. The topological polar surface area (TPSA) is 71.3 Å². The first-order valence-electron chi connectivity index (χ1n) is 5.54. The van der Waals surface area contributed by atoms with Crippen LogP contribution in [0.1, 0.15) is 25.6 Å². The Balaban J connectivity index is 2.41. The van der Waals surface area contributed by atoms with E-state index in [1.54, 1.807) is 6.92 Å². The van der Waals surface area contributed by atoms with Crippen LogP contribution in [0.15, 0.2) is 4.52 Å². The molecule has 0 bridgehead atoms. The molecule has 0 aromatic carbocycles. The third-order valence-corrected chi connectivity index (χ3v) is 2.82. The van der Waals surface area contributed by atoms with Crippen molar-refractivity contribution in [1.29, 1.82) is 0 Å². The molecule has 0 aliphatic rings. The fraction of sp³-hybridized carbons (Fsp3) is 0.727. The van der Waals surface area contributed by atoms with Gasteiger partial charge >= 0.3 is 0 Å². The maximum absolute atomic E-state index is 11.6. The van der Waals surface area contributed by atoms with Crippen molar-refractivity contribution in [2.75, 3.05) is 20.6 Å². The van der Waals surface area contributed by atoms with Gasteiger partial charge < -0.3 is 14.7 Å². The van der Waals surface area contributed by atoms with Gasteiger partial charge in [-0.15, -0.1) is 0 Å². The van der Waals surface area contributed by atoms with Crippen molar-refractivity contribution in [2.45, 2.75) is 32.7 Å². The van der Waals surface area contributed by atoms with Gasteiger partial charge in [0.05, 0.1) is 6.42 Å². The average Bonchev–Trinajstić information content (AvgIpc) is 2.61. The first kappa shape index (κ1) is 13.6. The van der Waals surface area contributed by atoms with Gasteiger partial charge in [0, 0.05) is 19.0 Å². The fourth-order valence-corrected chi connectivity index (χ4v) is 1.09. The first-order chi connectivity index (χ1) is 7.81. The second-order valence-corrected chi connectivity index (χ2v) is 4.89. The summed E-state index contributed by atoms with van der Waals surface area (Å²) in [5.74, 6) is 0.796. The summed E-state index contributed by atoms with van der Waals surface area (Å²) in [5.41, 5.74) is -0.0805. The van der Waals surface area contributed by atoms with Crippen molar-refractivity contribution in [3.63, 3.8) is 0 Å². The molecule has 17 heavy (non-hydrogen) atoms. The summed E-state index contributed by atoms with van der Waals surface area (Å²) < 4.78 is 4.80. The third-order valence-electron chi connectivity index (χ3n) is 2.82. The molecule has 0 unspecified atom stereocenters. The smallest absolute Gasteiger partial charge is 0.227 e. The molecule has 1 N–H and O–H groups in total. The van der Waals surface area contributed by atoms with E-state index in [0.717, 1.165) is 0 Å². The molecule has 1 heterocycles. The standard InChI is InChI=1S/C11H20N4O2/c1-8-13-9(14-17-8)6-10(16)12-7-11(2,3)15(4)5/h6-7H2,1-5H3,(H,12,16). The van der Waals surface area contributed by atoms with Gasteiger partial charge in [-0.05, 0) is 27.9 Å². The lowest BCUT2D eigenvalue weighted by Gasteiger charge is -2.32. The van der Waals surface area contributed by atoms with Crippen molar-refractivity contribution in [2.24, 2.45) is 0 Å². The molecule has 0 saturated carbocycles. The van der Waals surface area contributed by atoms with Crippen molar-refractivity contribution in [3.8, 4) is 0 Å². The Bertz CT molecular complexity index is 385. The molecule has 0 aliphatic carbocycles. The van der Waals surface area contributed by atoms with Gasteiger partial charge in [-0.1, -0.05) is 5.16 Å². The lowest BCUT2D eigenvalue weighted by atomic mass is 10.0. The summed E-state index contributed by atoms with van der Waals surface area (Å²) >= 11 is 0. The lowest BCUT2D eigenvalue weighted by molar-refractivity contribution is -0.121. The Morgan fingerprint density at radius 1 is 1.47 bits per heavy atom. The fourth-order valence-electron chi connectivity index (χ4n) is 1.09. The number of nitrogens with one attached hydrogen (secondary N) is 1. The minimum atomic E-state index is -0.0966. The minimum Gasteiger partial charge on any atom is -0.354 e. The van der Waals surface area contributed by atoms with E-state index in [4.69, 9.17) is 4.52 Å². The maximum Gasteiger partial charge on any atom is 0.227 e. The number of likely N-dealkylation sites (N-methyl/N-ethyl adjacent to an activating group) is 1. The average molecular weight is 240 g/mol. The van der Waals surface area contributed by atoms with Crippen molar-refractivity contribution in [1.82, 2.24) is 20.4 Å². The number of hydrogen-bond donors (Lipinski definition) is 1. The molecule has 0 aliphatic heterocycles. The molecule has 0 spiro atoms. The molecular formula is C11H20N4O2. The predicted octanol–water partition coefficient (Wildman–Crippen LogP) is 0.377. The SMILES string of the molecule is Cc1nc(CC(=O)NCC(C)(C)N(C)C)no1. The summed E-state index contributed by atoms with van der Waals surface area (Å²) in [6.07, 6.45) is 0.154. The van der Waals surface area contributed by atoms with E-state index < -0.39 is 0 Å². The van der Waals surface area contributed by atoms with Crippen LogP contribution < -0.4 is 5.32 Å². The van der Waals surface area contributed by atoms with E-state index in [0.29, 0.717) is 18.3 Å². The van der Waals surface area contributed by atoms with Crippen LogP contribution >= 0.6 is 0 Å². The zero-order valence-electron chi connectivity index (χ0n) is 11.1. The number of amides is 1. The van der Waals surface area contributed by atoms with Crippen LogP contribution in [0.5, 0.6) is 0 Å². The molecule has 1 amide bonds. The molecule has 0 saturated heterocycles. The van der Waals surface area contributed by atoms with E-state index in [-0.39, 0.29) is 17.9 Å². The molecule has 1 rings (SSSR count). The molecule has 6 heteroatoms. The number of nitrogens with zero attached hydrogens (tertiary/aromatic N) is 3. The van der Waals surface area contributed by atoms with Crippen LogP contribution in [0, 0.1) is 6.92 Å². The molecule has 1 aromatic rings. The summed E-state index contributed by atoms with van der Waals surface area (Å²) in [5, 5.41) is 6.54. The summed E-state index contributed by atoms with van der Waals surface area (Å²) in [7, 11) is 3.96. The van der Waals surface area contributed by atoms with E-state index in [1.165, 1.54) is 0 Å². The Morgan fingerprint density at radius 2 is 2.12 bits per heavy atom. The summed E-state index contributed by atoms with van der Waals surface area (Å²) in [6, 6.07) is 0. The van der Waals surface area contributed by atoms with E-state index >= 15 is 0 Å². The number of rotatable bonds is 5. The van der Waals surface area contributed by atoms with Crippen molar-refractivity contribution >= 4 is 5.91 Å². The highest BCUT2D eigenvalue weighted by Gasteiger charge is 2.21. The second kappa shape index (κ2) is 5.27. The normalized spacial score (nSPS) is 11.9. The molecule has 96 valence electrons. The lowest BCUT2D eigenvalue weighted by Crippen LogP contribution is -2.48. The number of hydrogen-bond acceptors (Lipinski definition) is 5. The zero-order valence-corrected chi connectivity index (χ0v) is 11.1. The van der Waals surface area contributed by atoms with Gasteiger partial charge in [-0.3, -0.25) is 4.79 Å². The predicted molar refractivity (Wildman–Crippen MR) is 63.5 cm³/mol. The maximum atomic E-state index is 11.6. The Labute approximate surface area is 101 Å². The number of carbonyl (C=O) groups excluding carboxylic acids is 1. The van der Waals surface area contributed by atoms with E-state index in [1.807, 2.05) is 14.1 Å². The van der Waals surface area contributed by atoms with Crippen LogP contribution in [0.4, 0.5) is 0 Å². The Kier molecular flexibility index (Phi) is 4.22. The second-order valence-electron chi connectivity index (χ2n) is 4.89. The molecular weight excluding hydrogens is 220 g/mol. The minimum absolute atomic E-state index is 0.0805. The summed E-state index contributed by atoms with van der Waals surface area (Å²) in [6.45, 7) is 6.40. The van der Waals surface area contributed by atoms with Crippen LogP contribution in [0.2, 0.25) is 0 Å². The van der Waals surface area contributed by atoms with Gasteiger partial charge in [0.1, 0.15) is 0 Å². The van der Waals surface area contributed by atoms with Gasteiger partial charge in [0.2, 0.25) is 11.8 Å². The van der Waals surface area contributed by atoms with Gasteiger partial charge in [-0.25, -0.2) is 0 Å². The number of aromatic nitrogens is 2. The highest BCUT2D eigenvalue weighted by molar-refractivity contribution is 5.77. The zero-order chi connectivity index (χ0) is 13.1. The van der Waals surface area contributed by atoms with E-state index in [9.17, 15) is 4.79 Å². The Hall–Kier alpha value is -1.43. The first-order valence-corrected chi connectivity index (χ1v) is 5.54. The van der Waals surface area contributed by atoms with E-state index in [2.05, 4.69) is 34.2 Å². The highest BCUT2D eigenvalue weighted by Crippen LogP contribution is 2.07. The molecule has 0 radical (unpaired) electrons. The van der Waals surface area contributed by atoms with Crippen LogP contribution in [-0.4, -0.2) is 47.1 Å². The molecule has 0 fully saturated rings. The monoisotopic (exact) mass is 240 g/mol. The molecule has 6 nitrogen and oxygen atoms in total. The molecule has 1 aromatic heterocycles. The van der Waals surface area contributed by atoms with Gasteiger partial charge in [0.25, 0.3) is 0 Å². The van der Waals surface area contributed by atoms with Gasteiger partial charge in [-0.2, -0.15) is 4.98 Å². The quantitative estimate of drug-likeness (QED) is 0.805. The number of carbonyl (C=O) groups is 1. The van der Waals surface area contributed by atoms with Crippen molar-refractivity contribution < 1.29 is 9.32 Å². The third kappa shape index (κ3) is 4.14. The highest BCUT2D eigenvalue weighted by atomic mass is 16.5. The van der Waals surface area contributed by atoms with Crippen LogP contribution in [-0.2, 0) is 11.2 Å². The Morgan fingerprint density at radius 3 is 2.59 bits per heavy atom. The van der Waals surface area contributed by atoms with Crippen molar-refractivity contribution in [3.05, 3.63) is 11.7 Å².